The van der Waals surface area contributed by atoms with Gasteiger partial charge in [0.25, 0.3) is 0 Å². The van der Waals surface area contributed by atoms with Gasteiger partial charge in [-0.25, -0.2) is 4.39 Å². The van der Waals surface area contributed by atoms with Crippen molar-refractivity contribution in [2.45, 2.75) is 31.5 Å². The number of aryl methyl sites for hydroxylation is 1. The zero-order chi connectivity index (χ0) is 16.0. The highest BCUT2D eigenvalue weighted by Crippen LogP contribution is 2.22. The van der Waals surface area contributed by atoms with Crippen LogP contribution in [-0.2, 0) is 20.7 Å². The average Bonchev–Trinajstić information content (AvgIpc) is 2.44. The van der Waals surface area contributed by atoms with Crippen LogP contribution in [0.1, 0.15) is 30.1 Å². The Balaban J connectivity index is 2.77. The molecule has 0 heterocycles. The maximum absolute atomic E-state index is 13.8. The van der Waals surface area contributed by atoms with Crippen LogP contribution in [-0.4, -0.2) is 40.5 Å². The molecular weight excluding hydrogens is 283 g/mol. The summed E-state index contributed by atoms with van der Waals surface area (Å²) in [5, 5.41) is 28.1. The van der Waals surface area contributed by atoms with E-state index in [1.165, 1.54) is 12.1 Å². The second-order valence-corrected chi connectivity index (χ2v) is 4.54. The fraction of sp³-hybridized carbons (Fsp3) is 0.429. The second kappa shape index (κ2) is 7.70. The van der Waals surface area contributed by atoms with Crippen molar-refractivity contribution in [1.82, 2.24) is 0 Å². The fourth-order valence-electron chi connectivity index (χ4n) is 1.78. The van der Waals surface area contributed by atoms with Crippen LogP contribution in [0.3, 0.4) is 0 Å². The van der Waals surface area contributed by atoms with Gasteiger partial charge < -0.3 is 20.1 Å². The molecule has 0 aliphatic carbocycles. The Kier molecular flexibility index (Phi) is 6.26. The van der Waals surface area contributed by atoms with Crippen molar-refractivity contribution < 1.29 is 34.0 Å². The van der Waals surface area contributed by atoms with E-state index in [4.69, 9.17) is 5.11 Å². The molecule has 0 amide bonds. The Morgan fingerprint density at radius 2 is 2.00 bits per heavy atom. The predicted molar refractivity (Wildman–Crippen MR) is 70.0 cm³/mol. The average molecular weight is 300 g/mol. The van der Waals surface area contributed by atoms with Crippen LogP contribution in [0.15, 0.2) is 18.2 Å². The number of ether oxygens (including phenoxy) is 1. The first-order valence-electron chi connectivity index (χ1n) is 6.28. The van der Waals surface area contributed by atoms with Gasteiger partial charge in [0.2, 0.25) is 0 Å². The van der Waals surface area contributed by atoms with Crippen LogP contribution >= 0.6 is 0 Å². The lowest BCUT2D eigenvalue weighted by molar-refractivity contribution is -0.144. The largest absolute Gasteiger partial charge is 0.481 e. The Hall–Kier alpha value is -1.99. The lowest BCUT2D eigenvalue weighted by Crippen LogP contribution is -2.22. The third kappa shape index (κ3) is 5.13. The summed E-state index contributed by atoms with van der Waals surface area (Å²) in [6, 6.07) is 3.75. The van der Waals surface area contributed by atoms with E-state index >= 15 is 0 Å². The number of methoxy groups -OCH3 is 1. The van der Waals surface area contributed by atoms with Crippen molar-refractivity contribution >= 4 is 11.9 Å². The van der Waals surface area contributed by atoms with Gasteiger partial charge in [0.05, 0.1) is 19.6 Å². The molecule has 0 aromatic heterocycles. The van der Waals surface area contributed by atoms with Gasteiger partial charge in [0.15, 0.2) is 0 Å². The summed E-state index contributed by atoms with van der Waals surface area (Å²) in [6.07, 6.45) is -3.44. The van der Waals surface area contributed by atoms with Gasteiger partial charge >= 0.3 is 11.9 Å². The highest BCUT2D eigenvalue weighted by atomic mass is 19.1. The van der Waals surface area contributed by atoms with Gasteiger partial charge in [0.1, 0.15) is 11.9 Å². The summed E-state index contributed by atoms with van der Waals surface area (Å²) in [6.45, 7) is 0. The Bertz CT molecular complexity index is 516. The van der Waals surface area contributed by atoms with Crippen molar-refractivity contribution in [1.29, 1.82) is 0 Å². The number of aliphatic hydroxyl groups excluding tert-OH is 2. The van der Waals surface area contributed by atoms with Crippen molar-refractivity contribution in [3.05, 3.63) is 35.1 Å². The third-order valence-electron chi connectivity index (χ3n) is 2.99. The first kappa shape index (κ1) is 17.1. The molecule has 0 spiro atoms. The molecule has 0 bridgehead atoms. The van der Waals surface area contributed by atoms with E-state index in [0.717, 1.165) is 13.2 Å². The standard InChI is InChI=1S/C14H17FO6/c1-21-13(19)7-11(16)14(20)9-3-2-8(10(15)6-9)4-5-12(17)18/h2-3,6,11,14,16,20H,4-5,7H2,1H3,(H,17,18). The van der Waals surface area contributed by atoms with Gasteiger partial charge in [0, 0.05) is 6.42 Å². The van der Waals surface area contributed by atoms with E-state index in [-0.39, 0.29) is 24.0 Å². The van der Waals surface area contributed by atoms with Crippen LogP contribution in [0.25, 0.3) is 0 Å². The van der Waals surface area contributed by atoms with E-state index in [1.54, 1.807) is 0 Å². The maximum atomic E-state index is 13.8. The summed E-state index contributed by atoms with van der Waals surface area (Å²) in [5.41, 5.74) is 0.304. The molecule has 0 aliphatic heterocycles. The number of rotatable bonds is 7. The molecule has 0 aliphatic rings. The van der Waals surface area contributed by atoms with Crippen LogP contribution < -0.4 is 0 Å². The van der Waals surface area contributed by atoms with Gasteiger partial charge in [-0.2, -0.15) is 0 Å². The number of hydrogen-bond acceptors (Lipinski definition) is 5. The van der Waals surface area contributed by atoms with Gasteiger partial charge in [-0.1, -0.05) is 12.1 Å². The number of carbonyl (C=O) groups is 2. The number of halogens is 1. The van der Waals surface area contributed by atoms with Gasteiger partial charge in [-0.05, 0) is 23.6 Å². The van der Waals surface area contributed by atoms with E-state index < -0.39 is 36.4 Å². The molecule has 1 aromatic carbocycles. The molecule has 0 radical (unpaired) electrons. The number of carbonyl (C=O) groups excluding carboxylic acids is 1. The molecule has 1 rings (SSSR count). The maximum Gasteiger partial charge on any atom is 0.308 e. The number of aliphatic hydroxyl groups is 2. The first-order valence-corrected chi connectivity index (χ1v) is 6.28. The van der Waals surface area contributed by atoms with E-state index in [2.05, 4.69) is 4.74 Å². The smallest absolute Gasteiger partial charge is 0.308 e. The molecule has 0 saturated heterocycles. The van der Waals surface area contributed by atoms with Crippen molar-refractivity contribution in [2.75, 3.05) is 7.11 Å². The van der Waals surface area contributed by atoms with Crippen molar-refractivity contribution in [3.63, 3.8) is 0 Å². The molecule has 0 saturated carbocycles. The molecule has 0 fully saturated rings. The molecular formula is C14H17FO6. The van der Waals surface area contributed by atoms with Crippen LogP contribution in [0.5, 0.6) is 0 Å². The fourth-order valence-corrected chi connectivity index (χ4v) is 1.78. The number of benzene rings is 1. The third-order valence-corrected chi connectivity index (χ3v) is 2.99. The van der Waals surface area contributed by atoms with Crippen molar-refractivity contribution in [3.8, 4) is 0 Å². The highest BCUT2D eigenvalue weighted by Gasteiger charge is 2.22. The minimum atomic E-state index is -1.44. The van der Waals surface area contributed by atoms with E-state index in [1.807, 2.05) is 0 Å². The Labute approximate surface area is 120 Å². The topological polar surface area (TPSA) is 104 Å². The number of carboxylic acids is 1. The summed E-state index contributed by atoms with van der Waals surface area (Å²) >= 11 is 0. The summed E-state index contributed by atoms with van der Waals surface area (Å²) in [7, 11) is 1.15. The van der Waals surface area contributed by atoms with E-state index in [0.29, 0.717) is 0 Å². The van der Waals surface area contributed by atoms with Crippen molar-refractivity contribution in [2.24, 2.45) is 0 Å². The lowest BCUT2D eigenvalue weighted by Gasteiger charge is -2.17. The molecule has 1 aromatic rings. The molecule has 2 unspecified atom stereocenters. The molecule has 7 heteroatoms. The normalized spacial score (nSPS) is 13.5. The Morgan fingerprint density at radius 3 is 2.52 bits per heavy atom. The van der Waals surface area contributed by atoms with E-state index in [9.17, 15) is 24.2 Å². The molecule has 3 N–H and O–H groups in total. The molecule has 2 atom stereocenters. The van der Waals surface area contributed by atoms with Crippen LogP contribution in [0, 0.1) is 5.82 Å². The predicted octanol–water partition coefficient (Wildman–Crippen LogP) is 0.800. The Morgan fingerprint density at radius 1 is 1.33 bits per heavy atom. The summed E-state index contributed by atoms with van der Waals surface area (Å²) in [4.78, 5) is 21.4. The SMILES string of the molecule is COC(=O)CC(O)C(O)c1ccc(CCC(=O)O)c(F)c1. The van der Waals surface area contributed by atoms with Crippen LogP contribution in [0.2, 0.25) is 0 Å². The lowest BCUT2D eigenvalue weighted by atomic mass is 9.99. The minimum Gasteiger partial charge on any atom is -0.481 e. The zero-order valence-corrected chi connectivity index (χ0v) is 11.5. The minimum absolute atomic E-state index is 0.0300. The highest BCUT2D eigenvalue weighted by molar-refractivity contribution is 5.69. The quantitative estimate of drug-likeness (QED) is 0.643. The summed E-state index contributed by atoms with van der Waals surface area (Å²) < 4.78 is 18.1. The van der Waals surface area contributed by atoms with Gasteiger partial charge in [-0.3, -0.25) is 9.59 Å². The number of esters is 1. The molecule has 116 valence electrons. The first-order chi connectivity index (χ1) is 9.85. The monoisotopic (exact) mass is 300 g/mol. The number of hydrogen-bond donors (Lipinski definition) is 3. The van der Waals surface area contributed by atoms with Crippen LogP contribution in [0.4, 0.5) is 4.39 Å². The second-order valence-electron chi connectivity index (χ2n) is 4.54. The zero-order valence-electron chi connectivity index (χ0n) is 11.5. The molecule has 6 nitrogen and oxygen atoms in total. The summed E-state index contributed by atoms with van der Waals surface area (Å²) in [5.74, 6) is -2.40. The number of carboxylic acid groups (broad SMARTS) is 1. The number of aliphatic carboxylic acids is 1. The van der Waals surface area contributed by atoms with Gasteiger partial charge in [-0.15, -0.1) is 0 Å². The molecule has 21 heavy (non-hydrogen) atoms.